The SMILES string of the molecule is COCCCC(NC(=O)N1CCN(C)CC1C)C(=O)O. The van der Waals surface area contributed by atoms with Crippen molar-refractivity contribution >= 4 is 12.0 Å². The van der Waals surface area contributed by atoms with Gasteiger partial charge in [0.1, 0.15) is 6.04 Å². The highest BCUT2D eigenvalue weighted by Crippen LogP contribution is 2.09. The van der Waals surface area contributed by atoms with Gasteiger partial charge in [0.2, 0.25) is 0 Å². The lowest BCUT2D eigenvalue weighted by Gasteiger charge is -2.38. The molecule has 0 saturated carbocycles. The van der Waals surface area contributed by atoms with Crippen LogP contribution in [-0.2, 0) is 9.53 Å². The summed E-state index contributed by atoms with van der Waals surface area (Å²) in [5.41, 5.74) is 0. The monoisotopic (exact) mass is 287 g/mol. The van der Waals surface area contributed by atoms with E-state index < -0.39 is 12.0 Å². The zero-order valence-corrected chi connectivity index (χ0v) is 12.5. The highest BCUT2D eigenvalue weighted by molar-refractivity contribution is 5.82. The first-order chi connectivity index (χ1) is 9.45. The number of hydrogen-bond acceptors (Lipinski definition) is 4. The minimum absolute atomic E-state index is 0.0853. The maximum atomic E-state index is 12.2. The number of nitrogens with one attached hydrogen (secondary N) is 1. The molecule has 1 saturated heterocycles. The Balaban J connectivity index is 2.50. The lowest BCUT2D eigenvalue weighted by atomic mass is 10.1. The van der Waals surface area contributed by atoms with E-state index in [1.54, 1.807) is 12.0 Å². The van der Waals surface area contributed by atoms with E-state index in [1.165, 1.54) is 0 Å². The van der Waals surface area contributed by atoms with Crippen LogP contribution in [0.15, 0.2) is 0 Å². The number of urea groups is 1. The summed E-state index contributed by atoms with van der Waals surface area (Å²) in [6, 6.07) is -1.07. The van der Waals surface area contributed by atoms with Crippen molar-refractivity contribution in [2.24, 2.45) is 0 Å². The summed E-state index contributed by atoms with van der Waals surface area (Å²) in [6.45, 7) is 4.68. The number of piperazine rings is 1. The maximum Gasteiger partial charge on any atom is 0.326 e. The zero-order chi connectivity index (χ0) is 15.1. The molecule has 0 aliphatic carbocycles. The van der Waals surface area contributed by atoms with E-state index in [4.69, 9.17) is 9.84 Å². The Bertz CT molecular complexity index is 338. The fourth-order valence-corrected chi connectivity index (χ4v) is 2.36. The van der Waals surface area contributed by atoms with Crippen LogP contribution in [0.4, 0.5) is 4.79 Å². The van der Waals surface area contributed by atoms with E-state index in [0.29, 0.717) is 26.0 Å². The smallest absolute Gasteiger partial charge is 0.326 e. The highest BCUT2D eigenvalue weighted by atomic mass is 16.5. The third-order valence-electron chi connectivity index (χ3n) is 3.53. The second kappa shape index (κ2) is 8.06. The molecule has 0 spiro atoms. The Morgan fingerprint density at radius 3 is 2.70 bits per heavy atom. The molecule has 2 unspecified atom stereocenters. The summed E-state index contributed by atoms with van der Waals surface area (Å²) in [7, 11) is 3.58. The van der Waals surface area contributed by atoms with Crippen LogP contribution in [0.3, 0.4) is 0 Å². The first-order valence-electron chi connectivity index (χ1n) is 6.93. The molecule has 7 heteroatoms. The molecule has 1 aliphatic heterocycles. The van der Waals surface area contributed by atoms with Gasteiger partial charge in [-0.05, 0) is 26.8 Å². The van der Waals surface area contributed by atoms with Crippen LogP contribution in [-0.4, -0.2) is 79.4 Å². The van der Waals surface area contributed by atoms with Gasteiger partial charge in [-0.3, -0.25) is 0 Å². The predicted molar refractivity (Wildman–Crippen MR) is 74.7 cm³/mol. The molecular weight excluding hydrogens is 262 g/mol. The van der Waals surface area contributed by atoms with E-state index in [-0.39, 0.29) is 12.1 Å². The van der Waals surface area contributed by atoms with Gasteiger partial charge in [0, 0.05) is 39.4 Å². The average Bonchev–Trinajstić information content (AvgIpc) is 2.37. The number of amides is 2. The molecular formula is C13H25N3O4. The van der Waals surface area contributed by atoms with Gasteiger partial charge < -0.3 is 25.0 Å². The topological polar surface area (TPSA) is 82.1 Å². The molecule has 7 nitrogen and oxygen atoms in total. The zero-order valence-electron chi connectivity index (χ0n) is 12.5. The molecule has 1 fully saturated rings. The van der Waals surface area contributed by atoms with Crippen molar-refractivity contribution in [3.63, 3.8) is 0 Å². The molecule has 2 atom stereocenters. The Hall–Kier alpha value is -1.34. The molecule has 1 aliphatic rings. The number of carboxylic acid groups (broad SMARTS) is 1. The number of rotatable bonds is 6. The molecule has 0 radical (unpaired) electrons. The van der Waals surface area contributed by atoms with Gasteiger partial charge in [0.05, 0.1) is 0 Å². The van der Waals surface area contributed by atoms with Crippen molar-refractivity contribution < 1.29 is 19.4 Å². The van der Waals surface area contributed by atoms with Gasteiger partial charge in [0.25, 0.3) is 0 Å². The van der Waals surface area contributed by atoms with Crippen molar-refractivity contribution in [1.82, 2.24) is 15.1 Å². The molecule has 0 aromatic heterocycles. The number of hydrogen-bond donors (Lipinski definition) is 2. The third kappa shape index (κ3) is 4.97. The Morgan fingerprint density at radius 1 is 1.45 bits per heavy atom. The van der Waals surface area contributed by atoms with Crippen LogP contribution >= 0.6 is 0 Å². The van der Waals surface area contributed by atoms with Gasteiger partial charge in [-0.15, -0.1) is 0 Å². The summed E-state index contributed by atoms with van der Waals surface area (Å²) in [5.74, 6) is -1.00. The first kappa shape index (κ1) is 16.7. The number of aliphatic carboxylic acids is 1. The fourth-order valence-electron chi connectivity index (χ4n) is 2.36. The van der Waals surface area contributed by atoms with E-state index in [9.17, 15) is 9.59 Å². The third-order valence-corrected chi connectivity index (χ3v) is 3.53. The largest absolute Gasteiger partial charge is 0.480 e. The van der Waals surface area contributed by atoms with Crippen molar-refractivity contribution in [1.29, 1.82) is 0 Å². The predicted octanol–water partition coefficient (Wildman–Crippen LogP) is 0.212. The number of ether oxygens (including phenoxy) is 1. The number of nitrogens with zero attached hydrogens (tertiary/aromatic N) is 2. The van der Waals surface area contributed by atoms with E-state index in [1.807, 2.05) is 14.0 Å². The molecule has 0 bridgehead atoms. The molecule has 0 aromatic carbocycles. The second-order valence-corrected chi connectivity index (χ2v) is 5.28. The molecule has 0 aromatic rings. The highest BCUT2D eigenvalue weighted by Gasteiger charge is 2.28. The summed E-state index contributed by atoms with van der Waals surface area (Å²) < 4.78 is 4.90. The van der Waals surface area contributed by atoms with E-state index in [2.05, 4.69) is 10.2 Å². The number of methoxy groups -OCH3 is 1. The quantitative estimate of drug-likeness (QED) is 0.683. The van der Waals surface area contributed by atoms with Crippen LogP contribution in [0.2, 0.25) is 0 Å². The Labute approximate surface area is 119 Å². The van der Waals surface area contributed by atoms with Crippen molar-refractivity contribution in [2.75, 3.05) is 40.4 Å². The van der Waals surface area contributed by atoms with Crippen molar-refractivity contribution in [3.8, 4) is 0 Å². The van der Waals surface area contributed by atoms with Crippen LogP contribution in [0.1, 0.15) is 19.8 Å². The summed E-state index contributed by atoms with van der Waals surface area (Å²) in [6.07, 6.45) is 0.975. The minimum Gasteiger partial charge on any atom is -0.480 e. The molecule has 1 rings (SSSR count). The number of carbonyl (C=O) groups is 2. The summed E-state index contributed by atoms with van der Waals surface area (Å²) >= 11 is 0. The normalized spacial score (nSPS) is 21.6. The lowest BCUT2D eigenvalue weighted by Crippen LogP contribution is -2.57. The number of carbonyl (C=O) groups excluding carboxylic acids is 1. The molecule has 2 amide bonds. The minimum atomic E-state index is -1.00. The lowest BCUT2D eigenvalue weighted by molar-refractivity contribution is -0.139. The van der Waals surface area contributed by atoms with Crippen LogP contribution < -0.4 is 5.32 Å². The van der Waals surface area contributed by atoms with Gasteiger partial charge in [-0.25, -0.2) is 9.59 Å². The summed E-state index contributed by atoms with van der Waals surface area (Å²) in [4.78, 5) is 27.2. The Kier molecular flexibility index (Phi) is 6.74. The average molecular weight is 287 g/mol. The van der Waals surface area contributed by atoms with Gasteiger partial charge in [-0.1, -0.05) is 0 Å². The van der Waals surface area contributed by atoms with Crippen LogP contribution in [0.5, 0.6) is 0 Å². The molecule has 2 N–H and O–H groups in total. The summed E-state index contributed by atoms with van der Waals surface area (Å²) in [5, 5.41) is 11.7. The van der Waals surface area contributed by atoms with Crippen molar-refractivity contribution in [3.05, 3.63) is 0 Å². The van der Waals surface area contributed by atoms with E-state index >= 15 is 0 Å². The van der Waals surface area contributed by atoms with Gasteiger partial charge in [-0.2, -0.15) is 0 Å². The molecule has 1 heterocycles. The molecule has 116 valence electrons. The standard InChI is InChI=1S/C13H25N3O4/c1-10-9-15(2)6-7-16(10)13(19)14-11(12(17)18)5-4-8-20-3/h10-11H,4-9H2,1-3H3,(H,14,19)(H,17,18). The second-order valence-electron chi connectivity index (χ2n) is 5.28. The fraction of sp³-hybridized carbons (Fsp3) is 0.846. The molecule has 20 heavy (non-hydrogen) atoms. The van der Waals surface area contributed by atoms with Crippen LogP contribution in [0, 0.1) is 0 Å². The number of carboxylic acids is 1. The van der Waals surface area contributed by atoms with Crippen LogP contribution in [0.25, 0.3) is 0 Å². The maximum absolute atomic E-state index is 12.2. The number of likely N-dealkylation sites (N-methyl/N-ethyl adjacent to an activating group) is 1. The van der Waals surface area contributed by atoms with Gasteiger partial charge in [0.15, 0.2) is 0 Å². The Morgan fingerprint density at radius 2 is 2.15 bits per heavy atom. The van der Waals surface area contributed by atoms with Gasteiger partial charge >= 0.3 is 12.0 Å². The van der Waals surface area contributed by atoms with Crippen molar-refractivity contribution in [2.45, 2.75) is 31.8 Å². The van der Waals surface area contributed by atoms with E-state index in [0.717, 1.165) is 13.1 Å². The first-order valence-corrected chi connectivity index (χ1v) is 6.93.